The summed E-state index contributed by atoms with van der Waals surface area (Å²) in [5, 5.41) is 3.69. The van der Waals surface area contributed by atoms with Crippen LogP contribution in [0.1, 0.15) is 44.7 Å². The Morgan fingerprint density at radius 2 is 2.33 bits per heavy atom. The van der Waals surface area contributed by atoms with E-state index in [1.54, 1.807) is 7.11 Å². The van der Waals surface area contributed by atoms with E-state index >= 15 is 0 Å². The summed E-state index contributed by atoms with van der Waals surface area (Å²) in [6, 6.07) is 6.97. The van der Waals surface area contributed by atoms with E-state index < -0.39 is 0 Å². The van der Waals surface area contributed by atoms with Crippen LogP contribution in [0.3, 0.4) is 0 Å². The number of fused-ring (bicyclic) bond motifs is 1. The Labute approximate surface area is 109 Å². The second-order valence-corrected chi connectivity index (χ2v) is 4.95. The molecule has 0 amide bonds. The minimum atomic E-state index is 0.380. The standard InChI is InChI=1S/C15H23NO2/c1-4-5-11(2)16-14-8-9-18-15-7-6-12(17-3)10-13(14)15/h6-7,10-11,14,16H,4-5,8-9H2,1-3H3. The summed E-state index contributed by atoms with van der Waals surface area (Å²) in [5.74, 6) is 1.89. The molecule has 18 heavy (non-hydrogen) atoms. The first-order valence-electron chi connectivity index (χ1n) is 6.81. The summed E-state index contributed by atoms with van der Waals surface area (Å²) in [6.45, 7) is 5.26. The third kappa shape index (κ3) is 2.96. The van der Waals surface area contributed by atoms with Crippen LogP contribution in [0.15, 0.2) is 18.2 Å². The summed E-state index contributed by atoms with van der Waals surface area (Å²) in [5.41, 5.74) is 1.23. The van der Waals surface area contributed by atoms with Gasteiger partial charge in [-0.2, -0.15) is 0 Å². The van der Waals surface area contributed by atoms with Crippen molar-refractivity contribution in [2.24, 2.45) is 0 Å². The van der Waals surface area contributed by atoms with Crippen molar-refractivity contribution in [3.63, 3.8) is 0 Å². The van der Waals surface area contributed by atoms with Crippen molar-refractivity contribution < 1.29 is 9.47 Å². The van der Waals surface area contributed by atoms with E-state index in [2.05, 4.69) is 25.2 Å². The highest BCUT2D eigenvalue weighted by molar-refractivity contribution is 5.43. The van der Waals surface area contributed by atoms with Gasteiger partial charge < -0.3 is 14.8 Å². The SMILES string of the molecule is CCCC(C)NC1CCOc2ccc(OC)cc21. The van der Waals surface area contributed by atoms with Crippen LogP contribution in [0.5, 0.6) is 11.5 Å². The fourth-order valence-corrected chi connectivity index (χ4v) is 2.53. The average Bonchev–Trinajstić information content (AvgIpc) is 2.39. The molecule has 2 atom stereocenters. The summed E-state index contributed by atoms with van der Waals surface area (Å²) in [7, 11) is 1.70. The highest BCUT2D eigenvalue weighted by Gasteiger charge is 2.23. The van der Waals surface area contributed by atoms with Crippen LogP contribution < -0.4 is 14.8 Å². The third-order valence-electron chi connectivity index (χ3n) is 3.46. The number of hydrogen-bond acceptors (Lipinski definition) is 3. The number of benzene rings is 1. The molecule has 1 aliphatic heterocycles. The van der Waals surface area contributed by atoms with Gasteiger partial charge in [-0.05, 0) is 31.5 Å². The molecule has 1 N–H and O–H groups in total. The molecule has 0 saturated carbocycles. The molecule has 1 aliphatic rings. The third-order valence-corrected chi connectivity index (χ3v) is 3.46. The zero-order chi connectivity index (χ0) is 13.0. The van der Waals surface area contributed by atoms with Crippen LogP contribution in [0.25, 0.3) is 0 Å². The van der Waals surface area contributed by atoms with E-state index in [1.165, 1.54) is 18.4 Å². The highest BCUT2D eigenvalue weighted by Crippen LogP contribution is 2.35. The second kappa shape index (κ2) is 6.10. The van der Waals surface area contributed by atoms with Crippen molar-refractivity contribution in [2.75, 3.05) is 13.7 Å². The van der Waals surface area contributed by atoms with Crippen molar-refractivity contribution in [1.29, 1.82) is 0 Å². The van der Waals surface area contributed by atoms with E-state index in [9.17, 15) is 0 Å². The first kappa shape index (κ1) is 13.2. The van der Waals surface area contributed by atoms with Crippen LogP contribution in [0.4, 0.5) is 0 Å². The molecular weight excluding hydrogens is 226 g/mol. The molecule has 0 spiro atoms. The molecule has 0 radical (unpaired) electrons. The maximum atomic E-state index is 5.70. The number of methoxy groups -OCH3 is 1. The molecule has 1 heterocycles. The van der Waals surface area contributed by atoms with Crippen LogP contribution >= 0.6 is 0 Å². The Hall–Kier alpha value is -1.22. The van der Waals surface area contributed by atoms with E-state index in [1.807, 2.05) is 12.1 Å². The maximum absolute atomic E-state index is 5.70. The number of ether oxygens (including phenoxy) is 2. The fourth-order valence-electron chi connectivity index (χ4n) is 2.53. The predicted octanol–water partition coefficient (Wildman–Crippen LogP) is 3.30. The molecule has 0 bridgehead atoms. The van der Waals surface area contributed by atoms with Crippen LogP contribution in [-0.2, 0) is 0 Å². The molecule has 3 nitrogen and oxygen atoms in total. The molecule has 0 aromatic heterocycles. The van der Waals surface area contributed by atoms with Crippen molar-refractivity contribution in [1.82, 2.24) is 5.32 Å². The maximum Gasteiger partial charge on any atom is 0.124 e. The van der Waals surface area contributed by atoms with E-state index in [4.69, 9.17) is 9.47 Å². The second-order valence-electron chi connectivity index (χ2n) is 4.95. The summed E-state index contributed by atoms with van der Waals surface area (Å²) >= 11 is 0. The average molecular weight is 249 g/mol. The molecule has 3 heteroatoms. The normalized spacial score (nSPS) is 19.8. The topological polar surface area (TPSA) is 30.5 Å². The molecule has 0 saturated heterocycles. The van der Waals surface area contributed by atoms with E-state index in [0.29, 0.717) is 12.1 Å². The van der Waals surface area contributed by atoms with Gasteiger partial charge in [-0.1, -0.05) is 13.3 Å². The van der Waals surface area contributed by atoms with Gasteiger partial charge in [0.05, 0.1) is 13.7 Å². The number of nitrogens with one attached hydrogen (secondary N) is 1. The van der Waals surface area contributed by atoms with Gasteiger partial charge in [0.15, 0.2) is 0 Å². The monoisotopic (exact) mass is 249 g/mol. The Morgan fingerprint density at radius 1 is 1.50 bits per heavy atom. The minimum absolute atomic E-state index is 0.380. The quantitative estimate of drug-likeness (QED) is 0.868. The molecule has 2 rings (SSSR count). The fraction of sp³-hybridized carbons (Fsp3) is 0.600. The molecular formula is C15H23NO2. The lowest BCUT2D eigenvalue weighted by molar-refractivity contribution is 0.243. The van der Waals surface area contributed by atoms with Crippen molar-refractivity contribution >= 4 is 0 Å². The lowest BCUT2D eigenvalue weighted by Gasteiger charge is -2.29. The number of hydrogen-bond donors (Lipinski definition) is 1. The Bertz CT molecular complexity index is 392. The zero-order valence-electron chi connectivity index (χ0n) is 11.5. The van der Waals surface area contributed by atoms with Crippen LogP contribution in [-0.4, -0.2) is 19.8 Å². The van der Waals surface area contributed by atoms with Gasteiger partial charge in [0.1, 0.15) is 11.5 Å². The van der Waals surface area contributed by atoms with Gasteiger partial charge in [0.2, 0.25) is 0 Å². The predicted molar refractivity (Wildman–Crippen MR) is 73.4 cm³/mol. The lowest BCUT2D eigenvalue weighted by Crippen LogP contribution is -2.33. The van der Waals surface area contributed by atoms with E-state index in [0.717, 1.165) is 24.5 Å². The van der Waals surface area contributed by atoms with Crippen molar-refractivity contribution in [3.8, 4) is 11.5 Å². The molecule has 0 aliphatic carbocycles. The van der Waals surface area contributed by atoms with E-state index in [-0.39, 0.29) is 0 Å². The minimum Gasteiger partial charge on any atom is -0.497 e. The summed E-state index contributed by atoms with van der Waals surface area (Å²) < 4.78 is 11.0. The van der Waals surface area contributed by atoms with Crippen LogP contribution in [0, 0.1) is 0 Å². The van der Waals surface area contributed by atoms with Crippen molar-refractivity contribution in [3.05, 3.63) is 23.8 Å². The smallest absolute Gasteiger partial charge is 0.124 e. The molecule has 1 aromatic rings. The molecule has 1 aromatic carbocycles. The first-order chi connectivity index (χ1) is 8.74. The van der Waals surface area contributed by atoms with Crippen molar-refractivity contribution in [2.45, 2.75) is 45.2 Å². The first-order valence-corrected chi connectivity index (χ1v) is 6.81. The van der Waals surface area contributed by atoms with Gasteiger partial charge in [0, 0.05) is 24.1 Å². The lowest BCUT2D eigenvalue weighted by atomic mass is 9.99. The summed E-state index contributed by atoms with van der Waals surface area (Å²) in [4.78, 5) is 0. The van der Waals surface area contributed by atoms with Gasteiger partial charge in [-0.25, -0.2) is 0 Å². The molecule has 0 fully saturated rings. The van der Waals surface area contributed by atoms with Gasteiger partial charge in [0.25, 0.3) is 0 Å². The van der Waals surface area contributed by atoms with Gasteiger partial charge in [-0.15, -0.1) is 0 Å². The highest BCUT2D eigenvalue weighted by atomic mass is 16.5. The Balaban J connectivity index is 2.15. The van der Waals surface area contributed by atoms with Gasteiger partial charge in [-0.3, -0.25) is 0 Å². The zero-order valence-corrected chi connectivity index (χ0v) is 11.5. The Morgan fingerprint density at radius 3 is 3.06 bits per heavy atom. The molecule has 2 unspecified atom stereocenters. The molecule has 100 valence electrons. The summed E-state index contributed by atoms with van der Waals surface area (Å²) in [6.07, 6.45) is 3.44. The Kier molecular flexibility index (Phi) is 4.48. The largest absolute Gasteiger partial charge is 0.497 e. The number of rotatable bonds is 5. The van der Waals surface area contributed by atoms with Crippen LogP contribution in [0.2, 0.25) is 0 Å². The van der Waals surface area contributed by atoms with Gasteiger partial charge >= 0.3 is 0 Å².